The molecule has 0 aliphatic rings. The first-order chi connectivity index (χ1) is 11.0. The molecule has 4 N–H and O–H groups in total. The summed E-state index contributed by atoms with van der Waals surface area (Å²) < 4.78 is 13.2. The Morgan fingerprint density at radius 3 is 2.48 bits per heavy atom. The number of aryl methyl sites for hydroxylation is 1. The van der Waals surface area contributed by atoms with Crippen LogP contribution >= 0.6 is 0 Å². The van der Waals surface area contributed by atoms with Crippen LogP contribution in [0.2, 0.25) is 0 Å². The van der Waals surface area contributed by atoms with Gasteiger partial charge in [0.15, 0.2) is 0 Å². The summed E-state index contributed by atoms with van der Waals surface area (Å²) in [6, 6.07) is 10.7. The highest BCUT2D eigenvalue weighted by molar-refractivity contribution is 6.07. The maximum absolute atomic E-state index is 13.2. The SMILES string of the molecule is Nc1ccc(F)cc1C(=O)Nc1ccc(CCCC(=O)O)cc1. The first-order valence-electron chi connectivity index (χ1n) is 7.13. The minimum atomic E-state index is -0.818. The average molecular weight is 316 g/mol. The maximum atomic E-state index is 13.2. The maximum Gasteiger partial charge on any atom is 0.303 e. The molecule has 0 saturated heterocycles. The van der Waals surface area contributed by atoms with Gasteiger partial charge in [0.25, 0.3) is 5.91 Å². The summed E-state index contributed by atoms with van der Waals surface area (Å²) in [4.78, 5) is 22.6. The van der Waals surface area contributed by atoms with Gasteiger partial charge in [-0.25, -0.2) is 4.39 Å². The molecule has 0 heterocycles. The Balaban J connectivity index is 1.99. The van der Waals surface area contributed by atoms with Crippen molar-refractivity contribution in [3.63, 3.8) is 0 Å². The Morgan fingerprint density at radius 2 is 1.83 bits per heavy atom. The molecule has 2 rings (SSSR count). The number of carboxylic acid groups (broad SMARTS) is 1. The van der Waals surface area contributed by atoms with Crippen LogP contribution in [0.3, 0.4) is 0 Å². The van der Waals surface area contributed by atoms with Crippen molar-refractivity contribution in [3.05, 3.63) is 59.4 Å². The average Bonchev–Trinajstić information content (AvgIpc) is 2.51. The largest absolute Gasteiger partial charge is 0.481 e. The number of nitrogens with one attached hydrogen (secondary N) is 1. The molecule has 5 nitrogen and oxygen atoms in total. The first-order valence-corrected chi connectivity index (χ1v) is 7.13. The standard InChI is InChI=1S/C17H17FN2O3/c18-12-6-9-15(19)14(10-12)17(23)20-13-7-4-11(5-8-13)2-1-3-16(21)22/h4-10H,1-3,19H2,(H,20,23)(H,21,22). The smallest absolute Gasteiger partial charge is 0.303 e. The predicted molar refractivity (Wildman–Crippen MR) is 85.8 cm³/mol. The molecule has 0 fully saturated rings. The summed E-state index contributed by atoms with van der Waals surface area (Å²) in [5.41, 5.74) is 7.49. The lowest BCUT2D eigenvalue weighted by atomic mass is 10.1. The lowest BCUT2D eigenvalue weighted by molar-refractivity contribution is -0.137. The van der Waals surface area contributed by atoms with Crippen molar-refractivity contribution in [3.8, 4) is 0 Å². The zero-order valence-electron chi connectivity index (χ0n) is 12.4. The van der Waals surface area contributed by atoms with Crippen molar-refractivity contribution in [2.75, 3.05) is 11.1 Å². The number of amides is 1. The molecule has 23 heavy (non-hydrogen) atoms. The van der Waals surface area contributed by atoms with Crippen molar-refractivity contribution in [2.24, 2.45) is 0 Å². The molecule has 120 valence electrons. The molecular weight excluding hydrogens is 299 g/mol. The van der Waals surface area contributed by atoms with E-state index in [1.54, 1.807) is 12.1 Å². The van der Waals surface area contributed by atoms with E-state index >= 15 is 0 Å². The lowest BCUT2D eigenvalue weighted by Crippen LogP contribution is -2.14. The van der Waals surface area contributed by atoms with Crippen LogP contribution < -0.4 is 11.1 Å². The minimum absolute atomic E-state index is 0.0792. The highest BCUT2D eigenvalue weighted by Gasteiger charge is 2.11. The van der Waals surface area contributed by atoms with Gasteiger partial charge in [0.1, 0.15) is 5.82 Å². The minimum Gasteiger partial charge on any atom is -0.481 e. The summed E-state index contributed by atoms with van der Waals surface area (Å²) >= 11 is 0. The second-order valence-corrected chi connectivity index (χ2v) is 5.13. The van der Waals surface area contributed by atoms with E-state index in [4.69, 9.17) is 10.8 Å². The van der Waals surface area contributed by atoms with Gasteiger partial charge in [-0.3, -0.25) is 9.59 Å². The topological polar surface area (TPSA) is 92.4 Å². The second-order valence-electron chi connectivity index (χ2n) is 5.13. The Bertz CT molecular complexity index is 714. The summed E-state index contributed by atoms with van der Waals surface area (Å²) in [6.45, 7) is 0. The zero-order chi connectivity index (χ0) is 16.8. The van der Waals surface area contributed by atoms with E-state index in [0.29, 0.717) is 18.5 Å². The molecule has 1 amide bonds. The third kappa shape index (κ3) is 4.81. The molecule has 0 aliphatic carbocycles. The third-order valence-corrected chi connectivity index (χ3v) is 3.33. The van der Waals surface area contributed by atoms with Crippen molar-refractivity contribution in [1.29, 1.82) is 0 Å². The van der Waals surface area contributed by atoms with Crippen LogP contribution in [0.1, 0.15) is 28.8 Å². The molecule has 2 aromatic carbocycles. The van der Waals surface area contributed by atoms with Crippen LogP contribution in [0.15, 0.2) is 42.5 Å². The number of rotatable bonds is 6. The molecule has 0 bridgehead atoms. The number of aliphatic carboxylic acids is 1. The quantitative estimate of drug-likeness (QED) is 0.714. The number of carboxylic acids is 1. The number of hydrogen-bond donors (Lipinski definition) is 3. The van der Waals surface area contributed by atoms with E-state index in [1.165, 1.54) is 12.1 Å². The Labute approximate surface area is 132 Å². The monoisotopic (exact) mass is 316 g/mol. The van der Waals surface area contributed by atoms with E-state index in [2.05, 4.69) is 5.32 Å². The number of benzene rings is 2. The summed E-state index contributed by atoms with van der Waals surface area (Å²) in [6.07, 6.45) is 1.33. The van der Waals surface area contributed by atoms with Crippen molar-refractivity contribution in [1.82, 2.24) is 0 Å². The number of anilines is 2. The molecule has 0 aliphatic heterocycles. The Hall–Kier alpha value is -2.89. The molecule has 0 saturated carbocycles. The fourth-order valence-corrected chi connectivity index (χ4v) is 2.12. The highest BCUT2D eigenvalue weighted by atomic mass is 19.1. The fraction of sp³-hybridized carbons (Fsp3) is 0.176. The normalized spacial score (nSPS) is 10.3. The van der Waals surface area contributed by atoms with Crippen LogP contribution in [0.25, 0.3) is 0 Å². The zero-order valence-corrected chi connectivity index (χ0v) is 12.4. The Morgan fingerprint density at radius 1 is 1.13 bits per heavy atom. The van der Waals surface area contributed by atoms with E-state index in [0.717, 1.165) is 11.6 Å². The van der Waals surface area contributed by atoms with Crippen molar-refractivity contribution >= 4 is 23.3 Å². The summed E-state index contributed by atoms with van der Waals surface area (Å²) in [5, 5.41) is 11.2. The van der Waals surface area contributed by atoms with E-state index in [1.807, 2.05) is 12.1 Å². The number of hydrogen-bond acceptors (Lipinski definition) is 3. The van der Waals surface area contributed by atoms with E-state index < -0.39 is 17.7 Å². The first kappa shape index (κ1) is 16.5. The Kier molecular flexibility index (Phi) is 5.30. The van der Waals surface area contributed by atoms with Crippen LogP contribution in [0, 0.1) is 5.82 Å². The lowest BCUT2D eigenvalue weighted by Gasteiger charge is -2.08. The molecule has 0 unspecified atom stereocenters. The highest BCUT2D eigenvalue weighted by Crippen LogP contribution is 2.17. The van der Waals surface area contributed by atoms with Crippen LogP contribution in [-0.4, -0.2) is 17.0 Å². The van der Waals surface area contributed by atoms with Gasteiger partial charge < -0.3 is 16.2 Å². The van der Waals surface area contributed by atoms with Gasteiger partial charge in [-0.2, -0.15) is 0 Å². The molecule has 0 spiro atoms. The number of halogens is 1. The molecule has 0 aromatic heterocycles. The van der Waals surface area contributed by atoms with Crippen LogP contribution in [-0.2, 0) is 11.2 Å². The predicted octanol–water partition coefficient (Wildman–Crippen LogP) is 3.07. The van der Waals surface area contributed by atoms with Gasteiger partial charge in [0, 0.05) is 17.8 Å². The number of carbonyl (C=O) groups is 2. The summed E-state index contributed by atoms with van der Waals surface area (Å²) in [5.74, 6) is -1.83. The number of nitrogen functional groups attached to an aromatic ring is 1. The van der Waals surface area contributed by atoms with E-state index in [-0.39, 0.29) is 17.7 Å². The van der Waals surface area contributed by atoms with Gasteiger partial charge >= 0.3 is 5.97 Å². The molecular formula is C17H17FN2O3. The van der Waals surface area contributed by atoms with E-state index in [9.17, 15) is 14.0 Å². The van der Waals surface area contributed by atoms with Gasteiger partial charge in [-0.15, -0.1) is 0 Å². The molecule has 0 radical (unpaired) electrons. The molecule has 0 atom stereocenters. The number of carbonyl (C=O) groups excluding carboxylic acids is 1. The second kappa shape index (κ2) is 7.40. The molecule has 6 heteroatoms. The van der Waals surface area contributed by atoms with Gasteiger partial charge in [0.05, 0.1) is 5.56 Å². The summed E-state index contributed by atoms with van der Waals surface area (Å²) in [7, 11) is 0. The van der Waals surface area contributed by atoms with Gasteiger partial charge in [0.2, 0.25) is 0 Å². The van der Waals surface area contributed by atoms with Gasteiger partial charge in [-0.1, -0.05) is 12.1 Å². The van der Waals surface area contributed by atoms with Crippen molar-refractivity contribution < 1.29 is 19.1 Å². The van der Waals surface area contributed by atoms with Crippen LogP contribution in [0.5, 0.6) is 0 Å². The van der Waals surface area contributed by atoms with Crippen molar-refractivity contribution in [2.45, 2.75) is 19.3 Å². The fourth-order valence-electron chi connectivity index (χ4n) is 2.12. The van der Waals surface area contributed by atoms with Crippen LogP contribution in [0.4, 0.5) is 15.8 Å². The molecule has 2 aromatic rings. The third-order valence-electron chi connectivity index (χ3n) is 3.33. The van der Waals surface area contributed by atoms with Gasteiger partial charge in [-0.05, 0) is 48.7 Å². The number of nitrogens with two attached hydrogens (primary N) is 1.